The third-order valence-electron chi connectivity index (χ3n) is 2.98. The van der Waals surface area contributed by atoms with Gasteiger partial charge in [-0.1, -0.05) is 6.07 Å². The lowest BCUT2D eigenvalue weighted by Gasteiger charge is -2.20. The number of nitrogens with one attached hydrogen (secondary N) is 1. The summed E-state index contributed by atoms with van der Waals surface area (Å²) in [6.07, 6.45) is 0.461. The van der Waals surface area contributed by atoms with E-state index in [9.17, 15) is 20.0 Å². The summed E-state index contributed by atoms with van der Waals surface area (Å²) in [6, 6.07) is 5.44. The van der Waals surface area contributed by atoms with Crippen LogP contribution in [0, 0.1) is 10.1 Å². The maximum Gasteiger partial charge on any atom is 0.270 e. The lowest BCUT2D eigenvalue weighted by Crippen LogP contribution is -2.43. The second kappa shape index (κ2) is 5.33. The Morgan fingerprint density at radius 3 is 3.00 bits per heavy atom. The normalized spacial score (nSPS) is 22.2. The van der Waals surface area contributed by atoms with E-state index in [1.54, 1.807) is 0 Å². The maximum absolute atomic E-state index is 11.8. The number of rotatable bonds is 4. The van der Waals surface area contributed by atoms with Gasteiger partial charge < -0.3 is 15.2 Å². The minimum Gasteiger partial charge on any atom is -0.386 e. The van der Waals surface area contributed by atoms with Gasteiger partial charge in [0.05, 0.1) is 11.5 Å². The number of ether oxygens (including phenoxy) is 1. The number of nitro benzene ring substituents is 1. The molecule has 0 bridgehead atoms. The van der Waals surface area contributed by atoms with E-state index in [0.29, 0.717) is 13.0 Å². The van der Waals surface area contributed by atoms with Crippen molar-refractivity contribution in [2.75, 3.05) is 19.8 Å². The van der Waals surface area contributed by atoms with Crippen LogP contribution in [-0.4, -0.2) is 41.3 Å². The van der Waals surface area contributed by atoms with E-state index in [1.165, 1.54) is 24.3 Å². The summed E-state index contributed by atoms with van der Waals surface area (Å²) in [5.74, 6) is -0.455. The number of hydrogen-bond acceptors (Lipinski definition) is 5. The number of carbonyl (C=O) groups is 1. The number of non-ortho nitro benzene ring substituents is 1. The first kappa shape index (κ1) is 13.4. The van der Waals surface area contributed by atoms with Gasteiger partial charge in [0.1, 0.15) is 5.60 Å². The molecule has 19 heavy (non-hydrogen) atoms. The van der Waals surface area contributed by atoms with Crippen LogP contribution in [0.2, 0.25) is 0 Å². The van der Waals surface area contributed by atoms with E-state index < -0.39 is 16.4 Å². The molecule has 7 heteroatoms. The molecule has 1 aromatic rings. The molecule has 1 saturated heterocycles. The van der Waals surface area contributed by atoms with Crippen molar-refractivity contribution in [3.05, 3.63) is 39.9 Å². The molecule has 1 atom stereocenters. The molecule has 1 aliphatic heterocycles. The third kappa shape index (κ3) is 3.27. The molecular weight excluding hydrogens is 252 g/mol. The fraction of sp³-hybridized carbons (Fsp3) is 0.417. The zero-order chi connectivity index (χ0) is 13.9. The monoisotopic (exact) mass is 266 g/mol. The van der Waals surface area contributed by atoms with Crippen molar-refractivity contribution in [2.45, 2.75) is 12.0 Å². The van der Waals surface area contributed by atoms with Crippen LogP contribution in [-0.2, 0) is 4.74 Å². The van der Waals surface area contributed by atoms with Crippen LogP contribution in [0.5, 0.6) is 0 Å². The number of nitrogens with zero attached hydrogens (tertiary/aromatic N) is 1. The highest BCUT2D eigenvalue weighted by molar-refractivity contribution is 5.94. The number of carbonyl (C=O) groups excluding carboxylic acids is 1. The zero-order valence-corrected chi connectivity index (χ0v) is 10.2. The van der Waals surface area contributed by atoms with Crippen LogP contribution in [0.25, 0.3) is 0 Å². The summed E-state index contributed by atoms with van der Waals surface area (Å²) in [4.78, 5) is 21.9. The predicted octanol–water partition coefficient (Wildman–Crippen LogP) is 0.476. The molecule has 0 aliphatic carbocycles. The Morgan fingerprint density at radius 1 is 1.58 bits per heavy atom. The van der Waals surface area contributed by atoms with Crippen molar-refractivity contribution in [1.29, 1.82) is 0 Å². The largest absolute Gasteiger partial charge is 0.386 e. The summed E-state index contributed by atoms with van der Waals surface area (Å²) in [7, 11) is 0. The molecule has 1 heterocycles. The molecule has 1 aromatic carbocycles. The number of nitro groups is 1. The van der Waals surface area contributed by atoms with E-state index in [-0.39, 0.29) is 24.4 Å². The van der Waals surface area contributed by atoms with Gasteiger partial charge in [-0.2, -0.15) is 0 Å². The third-order valence-corrected chi connectivity index (χ3v) is 2.98. The minimum atomic E-state index is -1.05. The molecule has 1 fully saturated rings. The van der Waals surface area contributed by atoms with Gasteiger partial charge in [0.15, 0.2) is 0 Å². The summed E-state index contributed by atoms with van der Waals surface area (Å²) >= 11 is 0. The van der Waals surface area contributed by atoms with Gasteiger partial charge in [0.2, 0.25) is 0 Å². The van der Waals surface area contributed by atoms with Crippen molar-refractivity contribution in [3.63, 3.8) is 0 Å². The van der Waals surface area contributed by atoms with Gasteiger partial charge in [-0.3, -0.25) is 14.9 Å². The SMILES string of the molecule is O=C(NCC1(O)CCOC1)c1cccc([N+](=O)[O-])c1. The second-order valence-corrected chi connectivity index (χ2v) is 4.52. The molecule has 1 amide bonds. The zero-order valence-electron chi connectivity index (χ0n) is 10.2. The van der Waals surface area contributed by atoms with E-state index in [4.69, 9.17) is 4.74 Å². The van der Waals surface area contributed by atoms with Crippen LogP contribution in [0.15, 0.2) is 24.3 Å². The Bertz CT molecular complexity index is 497. The molecular formula is C12H14N2O5. The van der Waals surface area contributed by atoms with Crippen molar-refractivity contribution in [2.24, 2.45) is 0 Å². The minimum absolute atomic E-state index is 0.0640. The Morgan fingerprint density at radius 2 is 2.37 bits per heavy atom. The molecule has 7 nitrogen and oxygen atoms in total. The molecule has 1 unspecified atom stereocenters. The summed E-state index contributed by atoms with van der Waals surface area (Å²) in [5.41, 5.74) is -0.997. The van der Waals surface area contributed by atoms with Gasteiger partial charge in [0, 0.05) is 37.3 Å². The van der Waals surface area contributed by atoms with E-state index in [1.807, 2.05) is 0 Å². The van der Waals surface area contributed by atoms with Gasteiger partial charge in [-0.25, -0.2) is 0 Å². The van der Waals surface area contributed by atoms with Crippen LogP contribution in [0.3, 0.4) is 0 Å². The number of benzene rings is 1. The summed E-state index contributed by atoms with van der Waals surface area (Å²) < 4.78 is 5.06. The summed E-state index contributed by atoms with van der Waals surface area (Å²) in [5, 5.41) is 23.1. The van der Waals surface area contributed by atoms with Gasteiger partial charge in [0.25, 0.3) is 11.6 Å². The Hall–Kier alpha value is -1.99. The molecule has 102 valence electrons. The van der Waals surface area contributed by atoms with E-state index in [0.717, 1.165) is 0 Å². The quantitative estimate of drug-likeness (QED) is 0.609. The number of amides is 1. The Kier molecular flexibility index (Phi) is 3.77. The standard InChI is InChI=1S/C12H14N2O5/c15-11(13-7-12(16)4-5-19-8-12)9-2-1-3-10(6-9)14(17)18/h1-3,6,16H,4-5,7-8H2,(H,13,15). The fourth-order valence-electron chi connectivity index (χ4n) is 1.84. The maximum atomic E-state index is 11.8. The first-order valence-electron chi connectivity index (χ1n) is 5.83. The van der Waals surface area contributed by atoms with Gasteiger partial charge in [-0.05, 0) is 6.07 Å². The second-order valence-electron chi connectivity index (χ2n) is 4.52. The molecule has 1 aliphatic rings. The molecule has 2 N–H and O–H groups in total. The summed E-state index contributed by atoms with van der Waals surface area (Å²) in [6.45, 7) is 0.708. The van der Waals surface area contributed by atoms with Crippen molar-refractivity contribution in [3.8, 4) is 0 Å². The van der Waals surface area contributed by atoms with Crippen LogP contribution in [0.1, 0.15) is 16.8 Å². The highest BCUT2D eigenvalue weighted by Crippen LogP contribution is 2.17. The smallest absolute Gasteiger partial charge is 0.270 e. The topological polar surface area (TPSA) is 102 Å². The van der Waals surface area contributed by atoms with E-state index in [2.05, 4.69) is 5.32 Å². The fourth-order valence-corrected chi connectivity index (χ4v) is 1.84. The molecule has 2 rings (SSSR count). The average Bonchev–Trinajstić information content (AvgIpc) is 2.83. The first-order chi connectivity index (χ1) is 9.00. The van der Waals surface area contributed by atoms with Crippen molar-refractivity contribution >= 4 is 11.6 Å². The highest BCUT2D eigenvalue weighted by Gasteiger charge is 2.32. The van der Waals surface area contributed by atoms with Crippen molar-refractivity contribution < 1.29 is 19.6 Å². The first-order valence-corrected chi connectivity index (χ1v) is 5.83. The van der Waals surface area contributed by atoms with Crippen molar-refractivity contribution in [1.82, 2.24) is 5.32 Å². The molecule has 0 radical (unpaired) electrons. The predicted molar refractivity (Wildman–Crippen MR) is 65.8 cm³/mol. The Balaban J connectivity index is 1.99. The number of hydrogen-bond donors (Lipinski definition) is 2. The van der Waals surface area contributed by atoms with Gasteiger partial charge >= 0.3 is 0 Å². The lowest BCUT2D eigenvalue weighted by molar-refractivity contribution is -0.384. The van der Waals surface area contributed by atoms with Gasteiger partial charge in [-0.15, -0.1) is 0 Å². The average molecular weight is 266 g/mol. The Labute approximate surface area is 109 Å². The highest BCUT2D eigenvalue weighted by atomic mass is 16.6. The molecule has 0 aromatic heterocycles. The van der Waals surface area contributed by atoms with Crippen LogP contribution < -0.4 is 5.32 Å². The van der Waals surface area contributed by atoms with E-state index >= 15 is 0 Å². The molecule has 0 spiro atoms. The van der Waals surface area contributed by atoms with Crippen LogP contribution >= 0.6 is 0 Å². The number of aliphatic hydroxyl groups is 1. The van der Waals surface area contributed by atoms with Crippen LogP contribution in [0.4, 0.5) is 5.69 Å². The lowest BCUT2D eigenvalue weighted by atomic mass is 10.0. The molecule has 0 saturated carbocycles.